The van der Waals surface area contributed by atoms with Gasteiger partial charge in [-0.3, -0.25) is 0 Å². The summed E-state index contributed by atoms with van der Waals surface area (Å²) in [4.78, 5) is 0. The van der Waals surface area contributed by atoms with Gasteiger partial charge in [-0.25, -0.2) is 0 Å². The van der Waals surface area contributed by atoms with E-state index in [1.54, 1.807) is 0 Å². The van der Waals surface area contributed by atoms with E-state index < -0.39 is 0 Å². The second-order valence-electron chi connectivity index (χ2n) is 13.7. The minimum absolute atomic E-state index is 0.105. The fourth-order valence-corrected chi connectivity index (χ4v) is 8.89. The molecule has 50 heavy (non-hydrogen) atoms. The van der Waals surface area contributed by atoms with Crippen LogP contribution in [0.3, 0.4) is 0 Å². The highest BCUT2D eigenvalue weighted by molar-refractivity contribution is 6.17. The van der Waals surface area contributed by atoms with E-state index in [4.69, 9.17) is 4.42 Å². The van der Waals surface area contributed by atoms with Gasteiger partial charge in [0.2, 0.25) is 0 Å². The van der Waals surface area contributed by atoms with Crippen LogP contribution >= 0.6 is 0 Å². The summed E-state index contributed by atoms with van der Waals surface area (Å²) in [6.45, 7) is 2.44. The number of rotatable bonds is 4. The molecule has 2 unspecified atom stereocenters. The first-order valence-corrected chi connectivity index (χ1v) is 17.5. The summed E-state index contributed by atoms with van der Waals surface area (Å²) < 4.78 is 6.63. The smallest absolute Gasteiger partial charge is 0.136 e. The Morgan fingerprint density at radius 2 is 1.02 bits per heavy atom. The fourth-order valence-electron chi connectivity index (χ4n) is 8.89. The van der Waals surface area contributed by atoms with Crippen LogP contribution in [0.1, 0.15) is 35.1 Å². The molecule has 0 N–H and O–H groups in total. The van der Waals surface area contributed by atoms with Crippen molar-refractivity contribution >= 4 is 38.3 Å². The summed E-state index contributed by atoms with van der Waals surface area (Å²) in [7, 11) is 0. The van der Waals surface area contributed by atoms with Gasteiger partial charge >= 0.3 is 0 Å². The van der Waals surface area contributed by atoms with E-state index in [1.807, 2.05) is 0 Å². The quantitative estimate of drug-likeness (QED) is 0.187. The summed E-state index contributed by atoms with van der Waals surface area (Å²) in [5.74, 6) is 0.105. The molecule has 0 bridgehead atoms. The maximum Gasteiger partial charge on any atom is 0.136 e. The van der Waals surface area contributed by atoms with E-state index >= 15 is 0 Å². The Bertz CT molecular complexity index is 2700. The minimum Gasteiger partial charge on any atom is -0.456 e. The van der Waals surface area contributed by atoms with E-state index in [2.05, 4.69) is 189 Å². The van der Waals surface area contributed by atoms with Crippen molar-refractivity contribution in [1.82, 2.24) is 0 Å². The Labute approximate surface area is 292 Å². The number of allylic oxidation sites excluding steroid dienone is 5. The Kier molecular flexibility index (Phi) is 6.44. The molecule has 8 aromatic rings. The molecule has 10 rings (SSSR count). The summed E-state index contributed by atoms with van der Waals surface area (Å²) in [5.41, 5.74) is 14.2. The SMILES string of the molecule is CC12C=CC=CC1=C(c1cccc3oc4cccc(-c5ccccc5)c4c13)c1ccccc1C2c1cccc2c(-c3ccccc3)cccc12. The highest BCUT2D eigenvalue weighted by Gasteiger charge is 2.45. The molecule has 0 spiro atoms. The van der Waals surface area contributed by atoms with Gasteiger partial charge in [-0.05, 0) is 78.6 Å². The molecule has 0 amide bonds. The van der Waals surface area contributed by atoms with Crippen molar-refractivity contribution in [2.24, 2.45) is 5.41 Å². The first-order valence-electron chi connectivity index (χ1n) is 17.5. The van der Waals surface area contributed by atoms with Crippen LogP contribution in [0.15, 0.2) is 192 Å². The third-order valence-corrected chi connectivity index (χ3v) is 11.0. The minimum atomic E-state index is -0.306. The summed E-state index contributed by atoms with van der Waals surface area (Å²) in [5, 5.41) is 4.92. The zero-order valence-corrected chi connectivity index (χ0v) is 27.8. The molecule has 0 saturated carbocycles. The van der Waals surface area contributed by atoms with Gasteiger partial charge in [-0.15, -0.1) is 0 Å². The molecule has 1 aromatic heterocycles. The topological polar surface area (TPSA) is 13.1 Å². The third-order valence-electron chi connectivity index (χ3n) is 11.0. The Morgan fingerprint density at radius 1 is 0.460 bits per heavy atom. The van der Waals surface area contributed by atoms with Crippen molar-refractivity contribution in [2.45, 2.75) is 12.8 Å². The fraction of sp³-hybridized carbons (Fsp3) is 0.0612. The van der Waals surface area contributed by atoms with Crippen molar-refractivity contribution < 1.29 is 4.42 Å². The first kappa shape index (κ1) is 28.8. The summed E-state index contributed by atoms with van der Waals surface area (Å²) in [6.07, 6.45) is 9.25. The van der Waals surface area contributed by atoms with Gasteiger partial charge in [0, 0.05) is 22.1 Å². The molecular formula is C49H34O. The van der Waals surface area contributed by atoms with Crippen LogP contribution in [0.5, 0.6) is 0 Å². The van der Waals surface area contributed by atoms with Crippen molar-refractivity contribution in [2.75, 3.05) is 0 Å². The highest BCUT2D eigenvalue weighted by Crippen LogP contribution is 2.59. The molecule has 236 valence electrons. The molecule has 0 fully saturated rings. The van der Waals surface area contributed by atoms with Gasteiger partial charge in [-0.2, -0.15) is 0 Å². The summed E-state index contributed by atoms with van der Waals surface area (Å²) >= 11 is 0. The normalized spacial score (nSPS) is 18.1. The summed E-state index contributed by atoms with van der Waals surface area (Å²) in [6, 6.07) is 57.2. The van der Waals surface area contributed by atoms with Crippen molar-refractivity contribution in [3.8, 4) is 22.3 Å². The highest BCUT2D eigenvalue weighted by atomic mass is 16.3. The Morgan fingerprint density at radius 3 is 1.80 bits per heavy atom. The van der Waals surface area contributed by atoms with Crippen LogP contribution < -0.4 is 0 Å². The lowest BCUT2D eigenvalue weighted by molar-refractivity contribution is 0.450. The maximum atomic E-state index is 6.63. The Hall–Kier alpha value is -6.18. The van der Waals surface area contributed by atoms with E-state index in [0.717, 1.165) is 16.6 Å². The standard InChI is InChI=1S/C49H34O/c1-49-31-11-10-28-42(49)45(41-27-15-30-44-47(41)46-35(23-14-29-43(46)50-44)33-18-6-3-7-19-33)38-20-8-9-21-40(38)48(49)39-26-13-24-36-34(22-12-25-37(36)39)32-16-4-2-5-17-32/h2-31,48H,1H3. The number of benzene rings is 7. The van der Waals surface area contributed by atoms with Crippen LogP contribution in [0, 0.1) is 5.41 Å². The van der Waals surface area contributed by atoms with Gasteiger partial charge in [0.1, 0.15) is 11.2 Å². The van der Waals surface area contributed by atoms with Gasteiger partial charge in [-0.1, -0.05) is 177 Å². The molecule has 2 aliphatic carbocycles. The van der Waals surface area contributed by atoms with Gasteiger partial charge in [0.25, 0.3) is 0 Å². The van der Waals surface area contributed by atoms with Crippen molar-refractivity contribution in [1.29, 1.82) is 0 Å². The second kappa shape index (κ2) is 11.2. The number of furan rings is 1. The molecule has 0 saturated heterocycles. The molecule has 1 heteroatoms. The van der Waals surface area contributed by atoms with Crippen LogP contribution in [-0.4, -0.2) is 0 Å². The van der Waals surface area contributed by atoms with E-state index in [1.165, 1.54) is 71.8 Å². The Balaban J connectivity index is 1.27. The van der Waals surface area contributed by atoms with Crippen LogP contribution in [0.4, 0.5) is 0 Å². The average molecular weight is 639 g/mol. The monoisotopic (exact) mass is 638 g/mol. The van der Waals surface area contributed by atoms with Crippen LogP contribution in [0.25, 0.3) is 60.5 Å². The van der Waals surface area contributed by atoms with E-state index in [-0.39, 0.29) is 11.3 Å². The maximum absolute atomic E-state index is 6.63. The van der Waals surface area contributed by atoms with Gasteiger partial charge < -0.3 is 4.42 Å². The number of fused-ring (bicyclic) bond motifs is 6. The van der Waals surface area contributed by atoms with E-state index in [9.17, 15) is 0 Å². The predicted molar refractivity (Wildman–Crippen MR) is 209 cm³/mol. The molecule has 1 nitrogen and oxygen atoms in total. The lowest BCUT2D eigenvalue weighted by atomic mass is 9.57. The lowest BCUT2D eigenvalue weighted by Gasteiger charge is -2.45. The van der Waals surface area contributed by atoms with Crippen LogP contribution in [-0.2, 0) is 0 Å². The molecule has 7 aromatic carbocycles. The third kappa shape index (κ3) is 4.20. The van der Waals surface area contributed by atoms with Crippen molar-refractivity contribution in [3.05, 3.63) is 210 Å². The van der Waals surface area contributed by atoms with Gasteiger partial charge in [0.05, 0.1) is 0 Å². The molecule has 2 atom stereocenters. The zero-order valence-electron chi connectivity index (χ0n) is 27.8. The van der Waals surface area contributed by atoms with Crippen LogP contribution in [0.2, 0.25) is 0 Å². The number of hydrogen-bond donors (Lipinski definition) is 0. The molecular weight excluding hydrogens is 605 g/mol. The predicted octanol–water partition coefficient (Wildman–Crippen LogP) is 13.2. The molecule has 0 radical (unpaired) electrons. The number of hydrogen-bond acceptors (Lipinski definition) is 1. The van der Waals surface area contributed by atoms with E-state index in [0.29, 0.717) is 0 Å². The molecule has 1 heterocycles. The lowest BCUT2D eigenvalue weighted by Crippen LogP contribution is -2.32. The average Bonchev–Trinajstić information content (AvgIpc) is 3.57. The zero-order chi connectivity index (χ0) is 33.2. The molecule has 2 aliphatic rings. The van der Waals surface area contributed by atoms with Gasteiger partial charge in [0.15, 0.2) is 0 Å². The first-order chi connectivity index (χ1) is 24.7. The second-order valence-corrected chi connectivity index (χ2v) is 13.7. The molecule has 0 aliphatic heterocycles. The largest absolute Gasteiger partial charge is 0.456 e. The van der Waals surface area contributed by atoms with Crippen molar-refractivity contribution in [3.63, 3.8) is 0 Å².